The highest BCUT2D eigenvalue weighted by atomic mass is 32.2. The Kier molecular flexibility index (Phi) is 6.14. The van der Waals surface area contributed by atoms with Gasteiger partial charge in [0.1, 0.15) is 23.1 Å². The van der Waals surface area contributed by atoms with Crippen LogP contribution >= 0.6 is 11.8 Å². The number of ether oxygens (including phenoxy) is 1. The third kappa shape index (κ3) is 4.95. The van der Waals surface area contributed by atoms with Crippen LogP contribution in [0.2, 0.25) is 0 Å². The number of halogens is 2. The zero-order valence-corrected chi connectivity index (χ0v) is 13.5. The molecule has 8 heteroatoms. The van der Waals surface area contributed by atoms with Crippen molar-refractivity contribution in [3.05, 3.63) is 54.1 Å². The van der Waals surface area contributed by atoms with Gasteiger partial charge in [-0.05, 0) is 36.4 Å². The van der Waals surface area contributed by atoms with E-state index in [0.29, 0.717) is 23.2 Å². The summed E-state index contributed by atoms with van der Waals surface area (Å²) in [6, 6.07) is 9.90. The van der Waals surface area contributed by atoms with Crippen molar-refractivity contribution < 1.29 is 23.1 Å². The number of thioether (sulfide) groups is 1. The smallest absolute Gasteiger partial charge is 0.284 e. The molecule has 126 valence electrons. The van der Waals surface area contributed by atoms with Crippen LogP contribution in [0.25, 0.3) is 0 Å². The highest BCUT2D eigenvalue weighted by molar-refractivity contribution is 8.14. The summed E-state index contributed by atoms with van der Waals surface area (Å²) in [6.45, 7) is 0. The molecule has 0 heterocycles. The first-order chi connectivity index (χ1) is 11.5. The van der Waals surface area contributed by atoms with E-state index in [4.69, 9.17) is 4.74 Å². The molecule has 0 aliphatic rings. The maximum Gasteiger partial charge on any atom is 0.284 e. The molecule has 0 fully saturated rings. The van der Waals surface area contributed by atoms with Crippen LogP contribution in [0.1, 0.15) is 0 Å². The molecule has 0 bridgehead atoms. The molecular weight excluding hydrogens is 338 g/mol. The average Bonchev–Trinajstić information content (AvgIpc) is 2.57. The summed E-state index contributed by atoms with van der Waals surface area (Å²) in [5, 5.41) is 3.95. The number of nitrogens with one attached hydrogen (secondary N) is 2. The van der Waals surface area contributed by atoms with Crippen molar-refractivity contribution in [3.63, 3.8) is 0 Å². The third-order valence-corrected chi connectivity index (χ3v) is 3.67. The lowest BCUT2D eigenvalue weighted by Gasteiger charge is -2.08. The fraction of sp³-hybridized carbons (Fsp3) is 0.125. The number of hydrogen-bond donors (Lipinski definition) is 2. The van der Waals surface area contributed by atoms with Crippen molar-refractivity contribution in [2.75, 3.05) is 23.5 Å². The van der Waals surface area contributed by atoms with Gasteiger partial charge in [-0.25, -0.2) is 8.78 Å². The van der Waals surface area contributed by atoms with Gasteiger partial charge in [0.15, 0.2) is 0 Å². The number of rotatable bonds is 5. The molecule has 0 atom stereocenters. The molecule has 5 nitrogen and oxygen atoms in total. The molecular formula is C16H14F2N2O3S. The molecule has 2 amide bonds. The third-order valence-electron chi connectivity index (χ3n) is 2.90. The second kappa shape index (κ2) is 8.30. The molecule has 0 aliphatic heterocycles. The fourth-order valence-corrected chi connectivity index (χ4v) is 2.27. The Morgan fingerprint density at radius 1 is 1.04 bits per heavy atom. The zero-order chi connectivity index (χ0) is 17.5. The van der Waals surface area contributed by atoms with E-state index in [2.05, 4.69) is 10.6 Å². The molecule has 2 N–H and O–H groups in total. The Morgan fingerprint density at radius 2 is 1.67 bits per heavy atom. The van der Waals surface area contributed by atoms with Crippen molar-refractivity contribution in [2.45, 2.75) is 0 Å². The number of anilines is 2. The van der Waals surface area contributed by atoms with Crippen molar-refractivity contribution in [1.29, 1.82) is 0 Å². The van der Waals surface area contributed by atoms with Gasteiger partial charge in [-0.15, -0.1) is 0 Å². The lowest BCUT2D eigenvalue weighted by atomic mass is 10.3. The van der Waals surface area contributed by atoms with Gasteiger partial charge in [-0.1, -0.05) is 17.8 Å². The van der Waals surface area contributed by atoms with Crippen molar-refractivity contribution >= 4 is 34.3 Å². The summed E-state index contributed by atoms with van der Waals surface area (Å²) in [5.41, 5.74) is 0.00696. The van der Waals surface area contributed by atoms with Gasteiger partial charge in [0, 0.05) is 5.69 Å². The largest absolute Gasteiger partial charge is 0.497 e. The highest BCUT2D eigenvalue weighted by Crippen LogP contribution is 2.20. The second-order valence-corrected chi connectivity index (χ2v) is 5.52. The van der Waals surface area contributed by atoms with E-state index in [1.165, 1.54) is 13.2 Å². The van der Waals surface area contributed by atoms with E-state index in [9.17, 15) is 18.4 Å². The molecule has 0 unspecified atom stereocenters. The number of amides is 2. The van der Waals surface area contributed by atoms with E-state index in [-0.39, 0.29) is 5.75 Å². The first kappa shape index (κ1) is 17.7. The number of para-hydroxylation sites is 1. The highest BCUT2D eigenvalue weighted by Gasteiger charge is 2.13. The Labute approximate surface area is 141 Å². The van der Waals surface area contributed by atoms with Crippen LogP contribution in [-0.4, -0.2) is 24.0 Å². The first-order valence-electron chi connectivity index (χ1n) is 6.81. The summed E-state index contributed by atoms with van der Waals surface area (Å²) >= 11 is 0.604. The minimum Gasteiger partial charge on any atom is -0.497 e. The summed E-state index contributed by atoms with van der Waals surface area (Å²) in [7, 11) is 1.53. The summed E-state index contributed by atoms with van der Waals surface area (Å²) in [4.78, 5) is 23.4. The molecule has 0 aliphatic carbocycles. The van der Waals surface area contributed by atoms with Crippen LogP contribution < -0.4 is 15.4 Å². The molecule has 24 heavy (non-hydrogen) atoms. The Morgan fingerprint density at radius 3 is 2.25 bits per heavy atom. The Bertz CT molecular complexity index is 718. The Hall–Kier alpha value is -2.61. The van der Waals surface area contributed by atoms with Crippen LogP contribution in [0.4, 0.5) is 25.0 Å². The minimum atomic E-state index is -0.883. The summed E-state index contributed by atoms with van der Waals surface area (Å²) in [6.07, 6.45) is 0. The minimum absolute atomic E-state index is 0.200. The molecule has 0 saturated heterocycles. The molecule has 2 aromatic rings. The predicted octanol–water partition coefficient (Wildman–Crippen LogP) is 3.88. The lowest BCUT2D eigenvalue weighted by molar-refractivity contribution is -0.113. The quantitative estimate of drug-likeness (QED) is 0.857. The number of carbonyl (C=O) groups is 2. The number of hydrogen-bond acceptors (Lipinski definition) is 4. The van der Waals surface area contributed by atoms with Gasteiger partial charge >= 0.3 is 0 Å². The number of carbonyl (C=O) groups excluding carboxylic acids is 2. The molecule has 0 aromatic heterocycles. The monoisotopic (exact) mass is 352 g/mol. The summed E-state index contributed by atoms with van der Waals surface area (Å²) < 4.78 is 31.8. The molecule has 0 spiro atoms. The van der Waals surface area contributed by atoms with Gasteiger partial charge in [-0.3, -0.25) is 9.59 Å². The molecule has 0 radical (unpaired) electrons. The van der Waals surface area contributed by atoms with Gasteiger partial charge in [-0.2, -0.15) is 0 Å². The number of methoxy groups -OCH3 is 1. The van der Waals surface area contributed by atoms with Crippen LogP contribution in [0, 0.1) is 11.6 Å². The Balaban J connectivity index is 1.83. The van der Waals surface area contributed by atoms with Gasteiger partial charge in [0.05, 0.1) is 12.9 Å². The maximum absolute atomic E-state index is 13.4. The molecule has 2 aromatic carbocycles. The van der Waals surface area contributed by atoms with Crippen LogP contribution in [0.5, 0.6) is 5.75 Å². The van der Waals surface area contributed by atoms with Crippen LogP contribution in [0.3, 0.4) is 0 Å². The van der Waals surface area contributed by atoms with E-state index >= 15 is 0 Å². The normalized spacial score (nSPS) is 10.1. The van der Waals surface area contributed by atoms with E-state index in [1.807, 2.05) is 0 Å². The standard InChI is InChI=1S/C16H14F2N2O3S/c1-23-11-7-5-10(6-8-11)19-14(21)9-24-16(22)20-15-12(17)3-2-4-13(15)18/h2-8H,9H2,1H3,(H,19,21)(H,20,22). The lowest BCUT2D eigenvalue weighted by Crippen LogP contribution is -2.17. The predicted molar refractivity (Wildman–Crippen MR) is 89.5 cm³/mol. The van der Waals surface area contributed by atoms with E-state index in [1.54, 1.807) is 24.3 Å². The van der Waals surface area contributed by atoms with Crippen LogP contribution in [0.15, 0.2) is 42.5 Å². The van der Waals surface area contributed by atoms with Crippen molar-refractivity contribution in [3.8, 4) is 5.75 Å². The van der Waals surface area contributed by atoms with Crippen molar-refractivity contribution in [1.82, 2.24) is 0 Å². The molecule has 0 saturated carbocycles. The number of benzene rings is 2. The van der Waals surface area contributed by atoms with Gasteiger partial charge < -0.3 is 15.4 Å². The maximum atomic E-state index is 13.4. The second-order valence-electron chi connectivity index (χ2n) is 4.57. The topological polar surface area (TPSA) is 67.4 Å². The first-order valence-corrected chi connectivity index (χ1v) is 7.80. The van der Waals surface area contributed by atoms with Crippen LogP contribution in [-0.2, 0) is 4.79 Å². The van der Waals surface area contributed by atoms with Gasteiger partial charge in [0.25, 0.3) is 5.24 Å². The zero-order valence-electron chi connectivity index (χ0n) is 12.6. The summed E-state index contributed by atoms with van der Waals surface area (Å²) in [5.74, 6) is -1.74. The average molecular weight is 352 g/mol. The van der Waals surface area contributed by atoms with E-state index in [0.717, 1.165) is 12.1 Å². The van der Waals surface area contributed by atoms with E-state index < -0.39 is 28.5 Å². The molecule has 2 rings (SSSR count). The van der Waals surface area contributed by atoms with Gasteiger partial charge in [0.2, 0.25) is 5.91 Å². The fourth-order valence-electron chi connectivity index (χ4n) is 1.76. The SMILES string of the molecule is COc1ccc(NC(=O)CSC(=O)Nc2c(F)cccc2F)cc1. The van der Waals surface area contributed by atoms with Crippen molar-refractivity contribution in [2.24, 2.45) is 0 Å².